The third-order valence-electron chi connectivity index (χ3n) is 5.54. The fourth-order valence-corrected chi connectivity index (χ4v) is 3.66. The molecule has 1 aliphatic heterocycles. The number of piperidine rings is 1. The number of nitrogens with zero attached hydrogens (tertiary/aromatic N) is 3. The molecule has 0 N–H and O–H groups in total. The maximum Gasteiger partial charge on any atom is 0.131 e. The third-order valence-corrected chi connectivity index (χ3v) is 5.54. The highest BCUT2D eigenvalue weighted by atomic mass is 19.1. The number of likely N-dealkylation sites (tertiary alicyclic amines) is 1. The Kier molecular flexibility index (Phi) is 5.63. The summed E-state index contributed by atoms with van der Waals surface area (Å²) in [4.78, 5) is 6.28. The summed E-state index contributed by atoms with van der Waals surface area (Å²) < 4.78 is 29.3. The Labute approximate surface area is 153 Å². The molecule has 1 aliphatic rings. The molecule has 0 amide bonds. The first kappa shape index (κ1) is 18.5. The van der Waals surface area contributed by atoms with Crippen molar-refractivity contribution in [3.63, 3.8) is 0 Å². The van der Waals surface area contributed by atoms with Gasteiger partial charge in [-0.25, -0.2) is 8.78 Å². The molecule has 3 nitrogen and oxygen atoms in total. The lowest BCUT2D eigenvalue weighted by molar-refractivity contribution is 0.00297. The van der Waals surface area contributed by atoms with E-state index in [1.807, 2.05) is 42.2 Å². The number of aromatic nitrogens is 1. The Morgan fingerprint density at radius 1 is 1.35 bits per heavy atom. The minimum Gasteiger partial charge on any atom is -0.296 e. The van der Waals surface area contributed by atoms with Gasteiger partial charge in [-0.05, 0) is 19.4 Å². The van der Waals surface area contributed by atoms with E-state index in [0.717, 1.165) is 5.56 Å². The van der Waals surface area contributed by atoms with E-state index in [1.165, 1.54) is 6.07 Å². The zero-order valence-electron chi connectivity index (χ0n) is 15.0. The summed E-state index contributed by atoms with van der Waals surface area (Å²) >= 11 is 0. The quantitative estimate of drug-likeness (QED) is 0.778. The van der Waals surface area contributed by atoms with Crippen LogP contribution < -0.4 is 0 Å². The Bertz CT molecular complexity index is 788. The molecule has 1 saturated heterocycles. The Balaban J connectivity index is 1.70. The van der Waals surface area contributed by atoms with E-state index in [9.17, 15) is 8.78 Å². The monoisotopic (exact) mass is 355 g/mol. The first-order valence-corrected chi connectivity index (χ1v) is 9.01. The van der Waals surface area contributed by atoms with Crippen LogP contribution in [0.4, 0.5) is 8.78 Å². The van der Waals surface area contributed by atoms with Crippen LogP contribution in [0.25, 0.3) is 11.3 Å². The summed E-state index contributed by atoms with van der Waals surface area (Å²) in [7, 11) is 0. The smallest absolute Gasteiger partial charge is 0.131 e. The maximum absolute atomic E-state index is 14.7. The van der Waals surface area contributed by atoms with Gasteiger partial charge in [-0.1, -0.05) is 37.3 Å². The van der Waals surface area contributed by atoms with Gasteiger partial charge in [-0.15, -0.1) is 0 Å². The van der Waals surface area contributed by atoms with Crippen molar-refractivity contribution >= 4 is 0 Å². The van der Waals surface area contributed by atoms with Crippen LogP contribution in [-0.2, 0) is 6.54 Å². The van der Waals surface area contributed by atoms with Crippen molar-refractivity contribution in [2.24, 2.45) is 5.41 Å². The molecule has 5 heteroatoms. The third kappa shape index (κ3) is 3.76. The fraction of sp³-hybridized carbons (Fsp3) is 0.429. The van der Waals surface area contributed by atoms with Crippen molar-refractivity contribution in [1.82, 2.24) is 9.88 Å². The van der Waals surface area contributed by atoms with Gasteiger partial charge >= 0.3 is 0 Å². The fourth-order valence-electron chi connectivity index (χ4n) is 3.66. The summed E-state index contributed by atoms with van der Waals surface area (Å²) in [5.74, 6) is -0.321. The lowest BCUT2D eigenvalue weighted by Gasteiger charge is -2.42. The first-order valence-electron chi connectivity index (χ1n) is 9.01. The summed E-state index contributed by atoms with van der Waals surface area (Å²) in [5, 5.41) is 9.00. The molecule has 0 spiro atoms. The second-order valence-corrected chi connectivity index (χ2v) is 7.03. The minimum atomic E-state index is -1.07. The number of hydrogen-bond donors (Lipinski definition) is 0. The Morgan fingerprint density at radius 3 is 2.73 bits per heavy atom. The van der Waals surface area contributed by atoms with Crippen LogP contribution in [0.1, 0.15) is 31.7 Å². The van der Waals surface area contributed by atoms with E-state index in [-0.39, 0.29) is 18.8 Å². The standard InChI is InChI=1S/C21H23F2N3/c1-2-21(8-10-24)9-11-26(15-20(21)23)14-17-13-25-19(12-18(17)22)16-6-4-3-5-7-16/h3-7,12-13,20H,2,8-9,11,14-15H2,1H3. The average molecular weight is 355 g/mol. The van der Waals surface area contributed by atoms with E-state index in [1.54, 1.807) is 6.20 Å². The molecule has 136 valence electrons. The number of halogens is 2. The molecule has 0 aliphatic carbocycles. The van der Waals surface area contributed by atoms with Crippen molar-refractivity contribution in [1.29, 1.82) is 5.26 Å². The highest BCUT2D eigenvalue weighted by Gasteiger charge is 2.42. The molecule has 3 rings (SSSR count). The molecular formula is C21H23F2N3. The number of benzene rings is 1. The molecule has 0 saturated carbocycles. The SMILES string of the molecule is CCC1(CC#N)CCN(Cc2cnc(-c3ccccc3)cc2F)CC1F. The van der Waals surface area contributed by atoms with E-state index >= 15 is 0 Å². The van der Waals surface area contributed by atoms with E-state index in [0.29, 0.717) is 37.2 Å². The molecule has 0 bridgehead atoms. The first-order chi connectivity index (χ1) is 12.6. The number of hydrogen-bond acceptors (Lipinski definition) is 3. The van der Waals surface area contributed by atoms with Crippen molar-refractivity contribution in [2.45, 2.75) is 38.9 Å². The van der Waals surface area contributed by atoms with Crippen LogP contribution in [0.2, 0.25) is 0 Å². The highest BCUT2D eigenvalue weighted by molar-refractivity contribution is 5.58. The van der Waals surface area contributed by atoms with Gasteiger partial charge in [-0.2, -0.15) is 5.26 Å². The normalized spacial score (nSPS) is 23.5. The van der Waals surface area contributed by atoms with Gasteiger partial charge in [0, 0.05) is 48.3 Å². The zero-order chi connectivity index (χ0) is 18.6. The molecular weight excluding hydrogens is 332 g/mol. The highest BCUT2D eigenvalue weighted by Crippen LogP contribution is 2.40. The second-order valence-electron chi connectivity index (χ2n) is 7.03. The van der Waals surface area contributed by atoms with Crippen LogP contribution >= 0.6 is 0 Å². The van der Waals surface area contributed by atoms with E-state index in [4.69, 9.17) is 5.26 Å². The molecule has 2 aromatic rings. The lowest BCUT2D eigenvalue weighted by atomic mass is 9.72. The van der Waals surface area contributed by atoms with Crippen LogP contribution in [0, 0.1) is 22.6 Å². The van der Waals surface area contributed by atoms with Gasteiger partial charge in [0.25, 0.3) is 0 Å². The number of nitriles is 1. The van der Waals surface area contributed by atoms with Crippen LogP contribution in [0.5, 0.6) is 0 Å². The molecule has 2 unspecified atom stereocenters. The summed E-state index contributed by atoms with van der Waals surface area (Å²) in [6, 6.07) is 13.0. The van der Waals surface area contributed by atoms with E-state index in [2.05, 4.69) is 11.1 Å². The Hall–Kier alpha value is -2.32. The second kappa shape index (κ2) is 7.92. The van der Waals surface area contributed by atoms with Gasteiger partial charge < -0.3 is 0 Å². The minimum absolute atomic E-state index is 0.232. The van der Waals surface area contributed by atoms with Gasteiger partial charge in [0.15, 0.2) is 0 Å². The Morgan fingerprint density at radius 2 is 2.12 bits per heavy atom. The summed E-state index contributed by atoms with van der Waals surface area (Å²) in [6.45, 7) is 3.16. The predicted molar refractivity (Wildman–Crippen MR) is 97.4 cm³/mol. The predicted octanol–water partition coefficient (Wildman–Crippen LogP) is 4.74. The molecule has 26 heavy (non-hydrogen) atoms. The number of pyridine rings is 1. The largest absolute Gasteiger partial charge is 0.296 e. The van der Waals surface area contributed by atoms with E-state index < -0.39 is 11.6 Å². The average Bonchev–Trinajstić information content (AvgIpc) is 2.66. The summed E-state index contributed by atoms with van der Waals surface area (Å²) in [5.41, 5.74) is 1.37. The van der Waals surface area contributed by atoms with Crippen LogP contribution in [0.3, 0.4) is 0 Å². The van der Waals surface area contributed by atoms with Crippen molar-refractivity contribution in [3.8, 4) is 17.3 Å². The van der Waals surface area contributed by atoms with Crippen LogP contribution in [0.15, 0.2) is 42.6 Å². The van der Waals surface area contributed by atoms with Gasteiger partial charge in [0.1, 0.15) is 12.0 Å². The molecule has 1 aromatic heterocycles. The number of rotatable bonds is 5. The van der Waals surface area contributed by atoms with Crippen molar-refractivity contribution in [2.75, 3.05) is 13.1 Å². The van der Waals surface area contributed by atoms with Crippen molar-refractivity contribution in [3.05, 3.63) is 54.0 Å². The maximum atomic E-state index is 14.7. The van der Waals surface area contributed by atoms with Gasteiger partial charge in [0.2, 0.25) is 0 Å². The lowest BCUT2D eigenvalue weighted by Crippen LogP contribution is -2.48. The molecule has 1 aromatic carbocycles. The molecule has 0 radical (unpaired) electrons. The van der Waals surface area contributed by atoms with Crippen LogP contribution in [-0.4, -0.2) is 29.1 Å². The molecule has 2 heterocycles. The number of alkyl halides is 1. The van der Waals surface area contributed by atoms with Gasteiger partial charge in [-0.3, -0.25) is 9.88 Å². The topological polar surface area (TPSA) is 39.9 Å². The molecule has 1 fully saturated rings. The van der Waals surface area contributed by atoms with Crippen molar-refractivity contribution < 1.29 is 8.78 Å². The zero-order valence-corrected chi connectivity index (χ0v) is 15.0. The summed E-state index contributed by atoms with van der Waals surface area (Å²) in [6.07, 6.45) is 1.98. The molecule has 2 atom stereocenters. The van der Waals surface area contributed by atoms with Gasteiger partial charge in [0.05, 0.1) is 11.8 Å².